The van der Waals surface area contributed by atoms with E-state index in [9.17, 15) is 14.0 Å². The molecular formula is C24H24ClFN6O2S. The normalized spacial score (nSPS) is 16.7. The summed E-state index contributed by atoms with van der Waals surface area (Å²) in [6.45, 7) is 3.45. The molecule has 1 N–H and O–H groups in total. The van der Waals surface area contributed by atoms with Crippen LogP contribution in [-0.4, -0.2) is 64.3 Å². The molecule has 5 rings (SSSR count). The SMILES string of the molecule is O=C(c1cccc(Cl)c1F)N1CCN(Cc2cc(N3CCCC3=O)cc(Nc3nccs3)n2)CC1. The number of amides is 2. The Hall–Kier alpha value is -3.08. The van der Waals surface area contributed by atoms with Crippen LogP contribution in [0, 0.1) is 5.82 Å². The molecule has 0 unspecified atom stereocenters. The van der Waals surface area contributed by atoms with Gasteiger partial charge in [-0.15, -0.1) is 11.3 Å². The lowest BCUT2D eigenvalue weighted by atomic mass is 10.1. The molecule has 0 aliphatic carbocycles. The largest absolute Gasteiger partial charge is 0.336 e. The monoisotopic (exact) mass is 514 g/mol. The average Bonchev–Trinajstić information content (AvgIpc) is 3.52. The van der Waals surface area contributed by atoms with Gasteiger partial charge in [0.25, 0.3) is 5.91 Å². The van der Waals surface area contributed by atoms with Crippen LogP contribution in [0.3, 0.4) is 0 Å². The molecule has 8 nitrogen and oxygen atoms in total. The standard InChI is InChI=1S/C24H24ClFN6O2S/c25-19-4-1-3-18(22(19)26)23(34)31-10-8-30(9-11-31)15-16-13-17(32-7-2-5-21(32)33)14-20(28-16)29-24-27-6-12-35-24/h1,3-4,6,12-14H,2,5,7-11,15H2,(H,27,28,29). The second-order valence-corrected chi connectivity index (χ2v) is 9.78. The van der Waals surface area contributed by atoms with Crippen LogP contribution in [0.25, 0.3) is 0 Å². The van der Waals surface area contributed by atoms with Crippen molar-refractivity contribution in [1.82, 2.24) is 19.8 Å². The maximum Gasteiger partial charge on any atom is 0.256 e. The van der Waals surface area contributed by atoms with E-state index in [0.29, 0.717) is 51.5 Å². The number of benzene rings is 1. The molecule has 0 radical (unpaired) electrons. The number of halogens is 2. The number of carbonyl (C=O) groups is 2. The Kier molecular flexibility index (Phi) is 6.94. The van der Waals surface area contributed by atoms with E-state index in [0.717, 1.165) is 22.9 Å². The number of pyridine rings is 1. The summed E-state index contributed by atoms with van der Waals surface area (Å²) in [5, 5.41) is 5.79. The first-order valence-electron chi connectivity index (χ1n) is 11.4. The van der Waals surface area contributed by atoms with E-state index in [1.54, 1.807) is 22.1 Å². The molecule has 0 atom stereocenters. The maximum absolute atomic E-state index is 14.3. The molecule has 2 saturated heterocycles. The molecule has 2 aromatic heterocycles. The summed E-state index contributed by atoms with van der Waals surface area (Å²) in [6, 6.07) is 8.30. The van der Waals surface area contributed by atoms with E-state index >= 15 is 0 Å². The van der Waals surface area contributed by atoms with Gasteiger partial charge in [0.1, 0.15) is 5.82 Å². The third-order valence-electron chi connectivity index (χ3n) is 6.14. The zero-order valence-electron chi connectivity index (χ0n) is 18.9. The Labute approximate surface area is 211 Å². The zero-order chi connectivity index (χ0) is 24.4. The van der Waals surface area contributed by atoms with Gasteiger partial charge in [0.2, 0.25) is 5.91 Å². The van der Waals surface area contributed by atoms with E-state index in [1.165, 1.54) is 23.5 Å². The topological polar surface area (TPSA) is 81.7 Å². The summed E-state index contributed by atoms with van der Waals surface area (Å²) in [4.78, 5) is 39.8. The highest BCUT2D eigenvalue weighted by molar-refractivity contribution is 7.13. The molecular weight excluding hydrogens is 491 g/mol. The number of hydrogen-bond acceptors (Lipinski definition) is 7. The van der Waals surface area contributed by atoms with E-state index < -0.39 is 5.82 Å². The summed E-state index contributed by atoms with van der Waals surface area (Å²) in [5.41, 5.74) is 1.64. The van der Waals surface area contributed by atoms with Gasteiger partial charge in [-0.05, 0) is 24.6 Å². The van der Waals surface area contributed by atoms with Crippen molar-refractivity contribution in [3.63, 3.8) is 0 Å². The summed E-state index contributed by atoms with van der Waals surface area (Å²) < 4.78 is 14.3. The first-order chi connectivity index (χ1) is 17.0. The Morgan fingerprint density at radius 2 is 2.00 bits per heavy atom. The number of nitrogens with one attached hydrogen (secondary N) is 1. The van der Waals surface area contributed by atoms with Crippen molar-refractivity contribution in [1.29, 1.82) is 0 Å². The highest BCUT2D eigenvalue weighted by Crippen LogP contribution is 2.27. The highest BCUT2D eigenvalue weighted by Gasteiger charge is 2.26. The number of hydrogen-bond donors (Lipinski definition) is 1. The molecule has 11 heteroatoms. The van der Waals surface area contributed by atoms with Crippen LogP contribution in [0.2, 0.25) is 5.02 Å². The smallest absolute Gasteiger partial charge is 0.256 e. The summed E-state index contributed by atoms with van der Waals surface area (Å²) in [5.74, 6) is -0.285. The Morgan fingerprint density at radius 1 is 1.17 bits per heavy atom. The summed E-state index contributed by atoms with van der Waals surface area (Å²) in [6.07, 6.45) is 3.11. The minimum Gasteiger partial charge on any atom is -0.336 e. The van der Waals surface area contributed by atoms with Gasteiger partial charge in [-0.1, -0.05) is 17.7 Å². The first kappa shape index (κ1) is 23.7. The van der Waals surface area contributed by atoms with Crippen LogP contribution < -0.4 is 10.2 Å². The van der Waals surface area contributed by atoms with Gasteiger partial charge >= 0.3 is 0 Å². The molecule has 182 valence electrons. The Balaban J connectivity index is 1.28. The lowest BCUT2D eigenvalue weighted by Gasteiger charge is -2.34. The van der Waals surface area contributed by atoms with Gasteiger partial charge in [0.15, 0.2) is 10.9 Å². The molecule has 2 amide bonds. The molecule has 2 fully saturated rings. The van der Waals surface area contributed by atoms with Crippen LogP contribution in [0.15, 0.2) is 41.9 Å². The van der Waals surface area contributed by atoms with Gasteiger partial charge in [-0.3, -0.25) is 14.5 Å². The van der Waals surface area contributed by atoms with Gasteiger partial charge in [0.05, 0.1) is 16.3 Å². The molecule has 35 heavy (non-hydrogen) atoms. The second kappa shape index (κ2) is 10.3. The first-order valence-corrected chi connectivity index (χ1v) is 12.7. The quantitative estimate of drug-likeness (QED) is 0.532. The lowest BCUT2D eigenvalue weighted by molar-refractivity contribution is -0.117. The van der Waals surface area contributed by atoms with Crippen LogP contribution in [0.4, 0.5) is 21.0 Å². The van der Waals surface area contributed by atoms with Crippen molar-refractivity contribution in [3.8, 4) is 0 Å². The van der Waals surface area contributed by atoms with E-state index in [1.807, 2.05) is 17.5 Å². The highest BCUT2D eigenvalue weighted by atomic mass is 35.5. The summed E-state index contributed by atoms with van der Waals surface area (Å²) in [7, 11) is 0. The molecule has 2 aliphatic heterocycles. The van der Waals surface area contributed by atoms with Gasteiger partial charge < -0.3 is 15.1 Å². The van der Waals surface area contributed by atoms with Gasteiger partial charge in [-0.2, -0.15) is 0 Å². The Morgan fingerprint density at radius 3 is 2.71 bits per heavy atom. The number of aromatic nitrogens is 2. The Bertz CT molecular complexity index is 1230. The van der Waals surface area contributed by atoms with Crippen molar-refractivity contribution < 1.29 is 14.0 Å². The fourth-order valence-corrected chi connectivity index (χ4v) is 5.08. The van der Waals surface area contributed by atoms with Crippen molar-refractivity contribution in [2.45, 2.75) is 19.4 Å². The third kappa shape index (κ3) is 5.29. The fraction of sp³-hybridized carbons (Fsp3) is 0.333. The number of nitrogens with zero attached hydrogens (tertiary/aromatic N) is 5. The van der Waals surface area contributed by atoms with Crippen LogP contribution in [0.1, 0.15) is 28.9 Å². The number of rotatable bonds is 6. The van der Waals surface area contributed by atoms with Crippen LogP contribution >= 0.6 is 22.9 Å². The lowest BCUT2D eigenvalue weighted by Crippen LogP contribution is -2.48. The molecule has 2 aliphatic rings. The van der Waals surface area contributed by atoms with Crippen molar-refractivity contribution >= 4 is 51.4 Å². The number of piperazine rings is 1. The number of carbonyl (C=O) groups excluding carboxylic acids is 2. The maximum atomic E-state index is 14.3. The zero-order valence-corrected chi connectivity index (χ0v) is 20.5. The molecule has 0 spiro atoms. The average molecular weight is 515 g/mol. The number of thiazole rings is 1. The molecule has 4 heterocycles. The van der Waals surface area contributed by atoms with Crippen molar-refractivity contribution in [2.24, 2.45) is 0 Å². The van der Waals surface area contributed by atoms with E-state index in [4.69, 9.17) is 16.6 Å². The van der Waals surface area contributed by atoms with Crippen molar-refractivity contribution in [2.75, 3.05) is 42.9 Å². The second-order valence-electron chi connectivity index (χ2n) is 8.48. The van der Waals surface area contributed by atoms with Crippen LogP contribution in [0.5, 0.6) is 0 Å². The minimum absolute atomic E-state index is 0.00602. The number of anilines is 3. The van der Waals surface area contributed by atoms with Crippen molar-refractivity contribution in [3.05, 3.63) is 64.0 Å². The molecule has 0 saturated carbocycles. The molecule has 1 aromatic carbocycles. The van der Waals surface area contributed by atoms with Crippen LogP contribution in [-0.2, 0) is 11.3 Å². The van der Waals surface area contributed by atoms with E-state index in [-0.39, 0.29) is 22.4 Å². The van der Waals surface area contributed by atoms with Gasteiger partial charge in [-0.25, -0.2) is 14.4 Å². The predicted molar refractivity (Wildman–Crippen MR) is 134 cm³/mol. The third-order valence-corrected chi connectivity index (χ3v) is 7.12. The molecule has 3 aromatic rings. The van der Waals surface area contributed by atoms with Gasteiger partial charge in [0, 0.05) is 69.0 Å². The predicted octanol–water partition coefficient (Wildman–Crippen LogP) is 4.16. The fourth-order valence-electron chi connectivity index (χ4n) is 4.37. The summed E-state index contributed by atoms with van der Waals surface area (Å²) >= 11 is 7.32. The molecule has 0 bridgehead atoms. The minimum atomic E-state index is -0.681. The van der Waals surface area contributed by atoms with E-state index in [2.05, 4.69) is 15.2 Å².